The highest BCUT2D eigenvalue weighted by molar-refractivity contribution is 7.80. The molecular weight excluding hydrogens is 372 g/mol. The first-order valence-electron chi connectivity index (χ1n) is 8.19. The third-order valence-corrected chi connectivity index (χ3v) is 4.64. The van der Waals surface area contributed by atoms with E-state index in [1.54, 1.807) is 0 Å². The molecule has 0 radical (unpaired) electrons. The summed E-state index contributed by atoms with van der Waals surface area (Å²) in [6, 6.07) is 14.8. The van der Waals surface area contributed by atoms with E-state index in [9.17, 15) is 10.1 Å². The van der Waals surface area contributed by atoms with Crippen LogP contribution in [0.4, 0.5) is 11.4 Å². The monoisotopic (exact) mass is 393 g/mol. The van der Waals surface area contributed by atoms with E-state index in [0.29, 0.717) is 28.4 Å². The lowest BCUT2D eigenvalue weighted by molar-refractivity contribution is -0.884. The number of nitro groups is 1. The van der Waals surface area contributed by atoms with Crippen molar-refractivity contribution in [2.45, 2.75) is 12.5 Å². The summed E-state index contributed by atoms with van der Waals surface area (Å²) in [5.41, 5.74) is 1.63. The van der Waals surface area contributed by atoms with Gasteiger partial charge in [-0.25, -0.2) is 0 Å². The van der Waals surface area contributed by atoms with Gasteiger partial charge < -0.3 is 15.5 Å². The molecule has 0 aliphatic heterocycles. The molecule has 0 aliphatic carbocycles. The van der Waals surface area contributed by atoms with Gasteiger partial charge in [-0.1, -0.05) is 41.9 Å². The van der Waals surface area contributed by atoms with Crippen LogP contribution in [0.15, 0.2) is 48.5 Å². The van der Waals surface area contributed by atoms with E-state index in [4.69, 9.17) is 23.8 Å². The topological polar surface area (TPSA) is 71.6 Å². The Morgan fingerprint density at radius 3 is 2.58 bits per heavy atom. The molecule has 0 saturated heterocycles. The zero-order valence-corrected chi connectivity index (χ0v) is 16.2. The quantitative estimate of drug-likeness (QED) is 0.382. The van der Waals surface area contributed by atoms with Crippen LogP contribution in [0.25, 0.3) is 0 Å². The van der Waals surface area contributed by atoms with Gasteiger partial charge in [0.25, 0.3) is 5.69 Å². The smallest absolute Gasteiger partial charge is 0.271 e. The minimum atomic E-state index is -0.469. The minimum absolute atomic E-state index is 0.0422. The van der Waals surface area contributed by atoms with Crippen molar-refractivity contribution in [3.8, 4) is 0 Å². The lowest BCUT2D eigenvalue weighted by Gasteiger charge is -2.23. The maximum Gasteiger partial charge on any atom is 0.271 e. The number of quaternary nitrogens is 1. The molecule has 6 nitrogen and oxygen atoms in total. The van der Waals surface area contributed by atoms with E-state index < -0.39 is 4.92 Å². The lowest BCUT2D eigenvalue weighted by Crippen LogP contribution is -3.11. The summed E-state index contributed by atoms with van der Waals surface area (Å²) in [7, 11) is 4.20. The normalized spacial score (nSPS) is 11.8. The predicted molar refractivity (Wildman–Crippen MR) is 109 cm³/mol. The molecule has 0 aromatic heterocycles. The Labute approximate surface area is 163 Å². The van der Waals surface area contributed by atoms with Gasteiger partial charge in [-0.15, -0.1) is 0 Å². The van der Waals surface area contributed by atoms with Crippen molar-refractivity contribution in [3.05, 3.63) is 69.2 Å². The highest BCUT2D eigenvalue weighted by atomic mass is 35.5. The Morgan fingerprint density at radius 1 is 1.27 bits per heavy atom. The van der Waals surface area contributed by atoms with Gasteiger partial charge in [0.15, 0.2) is 5.11 Å². The maximum absolute atomic E-state index is 10.9. The Balaban J connectivity index is 1.96. The van der Waals surface area contributed by atoms with Crippen LogP contribution in [0.1, 0.15) is 5.56 Å². The summed E-state index contributed by atoms with van der Waals surface area (Å²) in [6.07, 6.45) is 0.913. The highest BCUT2D eigenvalue weighted by Gasteiger charge is 2.17. The van der Waals surface area contributed by atoms with Gasteiger partial charge >= 0.3 is 0 Å². The number of non-ortho nitro benzene ring substituents is 1. The van der Waals surface area contributed by atoms with Gasteiger partial charge in [0, 0.05) is 18.6 Å². The standard InChI is InChI=1S/C18H21ClN4O2S/c1-22(2)15(10-13-6-4-3-5-7-13)12-20-18(26)21-17-11-14(23(24)25)8-9-16(17)19/h3-9,11,15H,10,12H2,1-2H3,(H2,20,21,26)/p+1/t15-/m0/s1. The van der Waals surface area contributed by atoms with Crippen molar-refractivity contribution in [3.63, 3.8) is 0 Å². The molecule has 8 heteroatoms. The molecule has 0 aliphatic rings. The number of nitrogens with zero attached hydrogens (tertiary/aromatic N) is 1. The van der Waals surface area contributed by atoms with Gasteiger partial charge in [-0.05, 0) is 23.8 Å². The molecule has 0 unspecified atom stereocenters. The molecule has 2 aromatic rings. The minimum Gasteiger partial charge on any atom is -0.356 e. The molecule has 0 amide bonds. The Bertz CT molecular complexity index is 771. The fraction of sp³-hybridized carbons (Fsp3) is 0.278. The first-order chi connectivity index (χ1) is 12.4. The highest BCUT2D eigenvalue weighted by Crippen LogP contribution is 2.26. The zero-order valence-electron chi connectivity index (χ0n) is 14.7. The van der Waals surface area contributed by atoms with Crippen LogP contribution in [0.5, 0.6) is 0 Å². The van der Waals surface area contributed by atoms with E-state index in [-0.39, 0.29) is 5.69 Å². The van der Waals surface area contributed by atoms with Gasteiger partial charge in [0.2, 0.25) is 0 Å². The first-order valence-corrected chi connectivity index (χ1v) is 8.98. The van der Waals surface area contributed by atoms with E-state index in [1.807, 2.05) is 18.2 Å². The van der Waals surface area contributed by atoms with Crippen LogP contribution < -0.4 is 15.5 Å². The van der Waals surface area contributed by atoms with E-state index in [0.717, 1.165) is 6.42 Å². The van der Waals surface area contributed by atoms with Crippen LogP contribution in [0.3, 0.4) is 0 Å². The molecule has 2 rings (SSSR count). The number of rotatable bonds is 7. The van der Waals surface area contributed by atoms with E-state index in [1.165, 1.54) is 28.7 Å². The second kappa shape index (κ2) is 9.47. The van der Waals surface area contributed by atoms with Gasteiger partial charge in [-0.2, -0.15) is 0 Å². The van der Waals surface area contributed by atoms with Crippen LogP contribution in [-0.4, -0.2) is 36.7 Å². The summed E-state index contributed by atoms with van der Waals surface area (Å²) in [4.78, 5) is 11.7. The number of anilines is 1. The van der Waals surface area contributed by atoms with Gasteiger partial charge in [0.1, 0.15) is 6.04 Å². The van der Waals surface area contributed by atoms with Crippen molar-refractivity contribution in [1.82, 2.24) is 5.32 Å². The molecule has 0 fully saturated rings. The number of nitrogens with one attached hydrogen (secondary N) is 3. The molecular formula is C18H22ClN4O2S+. The molecule has 3 N–H and O–H groups in total. The second-order valence-corrected chi connectivity index (χ2v) is 7.04. The summed E-state index contributed by atoms with van der Waals surface area (Å²) < 4.78 is 0. The average molecular weight is 394 g/mol. The molecule has 2 aromatic carbocycles. The van der Waals surface area contributed by atoms with Crippen molar-refractivity contribution in [2.75, 3.05) is 26.0 Å². The van der Waals surface area contributed by atoms with Gasteiger partial charge in [0.05, 0.1) is 36.3 Å². The number of hydrogen-bond donors (Lipinski definition) is 3. The largest absolute Gasteiger partial charge is 0.356 e. The summed E-state index contributed by atoms with van der Waals surface area (Å²) in [6.45, 7) is 0.662. The average Bonchev–Trinajstić information content (AvgIpc) is 2.61. The molecule has 1 atom stereocenters. The lowest BCUT2D eigenvalue weighted by atomic mass is 10.1. The zero-order chi connectivity index (χ0) is 19.1. The predicted octanol–water partition coefficient (Wildman–Crippen LogP) is 2.29. The van der Waals surface area contributed by atoms with Crippen molar-refractivity contribution >= 4 is 40.3 Å². The van der Waals surface area contributed by atoms with Crippen molar-refractivity contribution < 1.29 is 9.82 Å². The number of thiocarbonyl (C=S) groups is 1. The third kappa shape index (κ3) is 5.94. The number of hydrogen-bond acceptors (Lipinski definition) is 3. The Kier molecular flexibility index (Phi) is 7.32. The molecule has 0 spiro atoms. The Hall–Kier alpha value is -2.22. The Morgan fingerprint density at radius 2 is 1.96 bits per heavy atom. The van der Waals surface area contributed by atoms with Crippen molar-refractivity contribution in [1.29, 1.82) is 0 Å². The maximum atomic E-state index is 10.9. The number of likely N-dealkylation sites (N-methyl/N-ethyl adjacent to an activating group) is 1. The molecule has 0 bridgehead atoms. The molecule has 26 heavy (non-hydrogen) atoms. The molecule has 0 saturated carbocycles. The summed E-state index contributed by atoms with van der Waals surface area (Å²) in [5, 5.41) is 17.8. The fourth-order valence-electron chi connectivity index (χ4n) is 2.48. The van der Waals surface area contributed by atoms with Crippen LogP contribution in [-0.2, 0) is 6.42 Å². The van der Waals surface area contributed by atoms with Crippen LogP contribution in [0, 0.1) is 10.1 Å². The number of benzene rings is 2. The van der Waals surface area contributed by atoms with Crippen LogP contribution in [0.2, 0.25) is 5.02 Å². The van der Waals surface area contributed by atoms with Gasteiger partial charge in [-0.3, -0.25) is 10.1 Å². The first kappa shape index (κ1) is 20.1. The summed E-state index contributed by atoms with van der Waals surface area (Å²) in [5.74, 6) is 0. The fourth-order valence-corrected chi connectivity index (χ4v) is 2.84. The van der Waals surface area contributed by atoms with Crippen molar-refractivity contribution in [2.24, 2.45) is 0 Å². The molecule has 138 valence electrons. The number of halogens is 1. The van der Waals surface area contributed by atoms with E-state index in [2.05, 4.69) is 36.9 Å². The molecule has 0 heterocycles. The van der Waals surface area contributed by atoms with E-state index >= 15 is 0 Å². The summed E-state index contributed by atoms with van der Waals surface area (Å²) >= 11 is 11.4. The third-order valence-electron chi connectivity index (χ3n) is 4.06. The second-order valence-electron chi connectivity index (χ2n) is 6.22. The number of nitro benzene ring substituents is 1. The van der Waals surface area contributed by atoms with Crippen LogP contribution >= 0.6 is 23.8 Å². The SMILES string of the molecule is C[NH+](C)[C@H](CNC(=S)Nc1cc([N+](=O)[O-])ccc1Cl)Cc1ccccc1.